The number of hydrogen-bond acceptors (Lipinski definition) is 9. The van der Waals surface area contributed by atoms with Gasteiger partial charge in [0.2, 0.25) is 11.8 Å². The Labute approximate surface area is 173 Å². The zero-order valence-corrected chi connectivity index (χ0v) is 16.8. The molecule has 2 aliphatic rings. The summed E-state index contributed by atoms with van der Waals surface area (Å²) in [6, 6.07) is 5.52. The number of rotatable bonds is 8. The average molecular weight is 439 g/mol. The summed E-state index contributed by atoms with van der Waals surface area (Å²) in [6.45, 7) is 1.35. The van der Waals surface area contributed by atoms with Crippen molar-refractivity contribution >= 4 is 47.0 Å². The standard InChI is InChI=1S/C17H17N3O7S2/c1-8(21)12-14(23)19-13(17(29-15(12)19)28-7-11(18)22)16(24)27-6-9-2-4-10(5-3-9)20(25)26/h2-5,8,12,15,21H,6-7H2,1H3,(H2,18,22)/t8-,12+,15-/m1/s1. The van der Waals surface area contributed by atoms with E-state index in [1.54, 1.807) is 0 Å². The second-order valence-corrected chi connectivity index (χ2v) is 8.74. The van der Waals surface area contributed by atoms with E-state index in [-0.39, 0.29) is 23.7 Å². The van der Waals surface area contributed by atoms with Crippen LogP contribution in [0.15, 0.2) is 34.2 Å². The van der Waals surface area contributed by atoms with Crippen LogP contribution in [0.4, 0.5) is 5.69 Å². The normalized spacial score (nSPS) is 21.4. The first-order valence-corrected chi connectivity index (χ1v) is 10.3. The highest BCUT2D eigenvalue weighted by atomic mass is 32.2. The molecule has 0 radical (unpaired) electrons. The molecule has 12 heteroatoms. The maximum absolute atomic E-state index is 12.7. The minimum atomic E-state index is -0.880. The first-order valence-electron chi connectivity index (χ1n) is 8.44. The average Bonchev–Trinajstić information content (AvgIpc) is 2.98. The SMILES string of the molecule is C[C@@H](O)[C@H]1C(=O)N2C(C(=O)OCc3ccc([N+](=O)[O-])cc3)=C(SCC(N)=O)S[C@H]12. The number of nitrogens with zero attached hydrogens (tertiary/aromatic N) is 2. The summed E-state index contributed by atoms with van der Waals surface area (Å²) >= 11 is 2.25. The number of hydrogen-bond donors (Lipinski definition) is 2. The van der Waals surface area contributed by atoms with E-state index < -0.39 is 40.1 Å². The van der Waals surface area contributed by atoms with Gasteiger partial charge in [-0.25, -0.2) is 4.79 Å². The van der Waals surface area contributed by atoms with Crippen molar-refractivity contribution in [1.82, 2.24) is 4.90 Å². The molecule has 0 saturated carbocycles. The lowest BCUT2D eigenvalue weighted by Gasteiger charge is -2.43. The van der Waals surface area contributed by atoms with Crippen LogP contribution < -0.4 is 5.73 Å². The number of thioether (sulfide) groups is 2. The number of benzene rings is 1. The van der Waals surface area contributed by atoms with Crippen molar-refractivity contribution in [3.8, 4) is 0 Å². The monoisotopic (exact) mass is 439 g/mol. The summed E-state index contributed by atoms with van der Waals surface area (Å²) in [7, 11) is 0. The van der Waals surface area contributed by atoms with E-state index in [0.717, 1.165) is 11.8 Å². The summed E-state index contributed by atoms with van der Waals surface area (Å²) in [4.78, 5) is 47.6. The fourth-order valence-corrected chi connectivity index (χ4v) is 5.56. The highest BCUT2D eigenvalue weighted by molar-refractivity contribution is 8.23. The molecule has 0 aliphatic carbocycles. The van der Waals surface area contributed by atoms with Crippen LogP contribution in [0.3, 0.4) is 0 Å². The molecule has 3 rings (SSSR count). The molecule has 2 heterocycles. The van der Waals surface area contributed by atoms with Gasteiger partial charge >= 0.3 is 5.97 Å². The molecule has 1 aromatic rings. The van der Waals surface area contributed by atoms with Crippen LogP contribution in [0.2, 0.25) is 0 Å². The molecule has 2 amide bonds. The molecular formula is C17H17N3O7S2. The van der Waals surface area contributed by atoms with E-state index in [9.17, 15) is 29.6 Å². The first-order chi connectivity index (χ1) is 13.7. The quantitative estimate of drug-likeness (QED) is 0.261. The van der Waals surface area contributed by atoms with Gasteiger partial charge in [0.15, 0.2) is 5.70 Å². The number of non-ortho nitro benzene ring substituents is 1. The molecule has 1 saturated heterocycles. The maximum Gasteiger partial charge on any atom is 0.357 e. The fourth-order valence-electron chi connectivity index (χ4n) is 2.91. The summed E-state index contributed by atoms with van der Waals surface area (Å²) in [5.74, 6) is -2.45. The van der Waals surface area contributed by atoms with Gasteiger partial charge in [0, 0.05) is 12.1 Å². The summed E-state index contributed by atoms with van der Waals surface area (Å²) in [6.07, 6.45) is -0.880. The van der Waals surface area contributed by atoms with Crippen molar-refractivity contribution in [3.63, 3.8) is 0 Å². The van der Waals surface area contributed by atoms with E-state index in [4.69, 9.17) is 10.5 Å². The summed E-state index contributed by atoms with van der Waals surface area (Å²) in [5.41, 5.74) is 5.65. The minimum absolute atomic E-state index is 0.0232. The van der Waals surface area contributed by atoms with Gasteiger partial charge in [0.1, 0.15) is 12.0 Å². The molecule has 0 aromatic heterocycles. The summed E-state index contributed by atoms with van der Waals surface area (Å²) < 4.78 is 5.71. The largest absolute Gasteiger partial charge is 0.456 e. The van der Waals surface area contributed by atoms with Crippen LogP contribution in [0.5, 0.6) is 0 Å². The number of aliphatic hydroxyl groups excluding tert-OH is 1. The van der Waals surface area contributed by atoms with Gasteiger partial charge in [0.05, 0.1) is 26.9 Å². The molecule has 1 fully saturated rings. The van der Waals surface area contributed by atoms with Crippen LogP contribution >= 0.6 is 23.5 Å². The van der Waals surface area contributed by atoms with Gasteiger partial charge in [-0.15, -0.1) is 11.8 Å². The molecule has 3 atom stereocenters. The van der Waals surface area contributed by atoms with E-state index in [0.29, 0.717) is 9.80 Å². The van der Waals surface area contributed by atoms with Crippen molar-refractivity contribution in [2.24, 2.45) is 11.7 Å². The van der Waals surface area contributed by atoms with Crippen molar-refractivity contribution in [2.45, 2.75) is 25.0 Å². The van der Waals surface area contributed by atoms with Gasteiger partial charge in [0.25, 0.3) is 5.69 Å². The predicted octanol–water partition coefficient (Wildman–Crippen LogP) is 0.938. The van der Waals surface area contributed by atoms with Gasteiger partial charge < -0.3 is 15.6 Å². The van der Waals surface area contributed by atoms with Gasteiger partial charge in [-0.3, -0.25) is 24.6 Å². The topological polar surface area (TPSA) is 153 Å². The third-order valence-corrected chi connectivity index (χ3v) is 7.00. The number of esters is 1. The number of carbonyl (C=O) groups excluding carboxylic acids is 3. The Hall–Kier alpha value is -2.57. The Morgan fingerprint density at radius 1 is 1.41 bits per heavy atom. The smallest absolute Gasteiger partial charge is 0.357 e. The van der Waals surface area contributed by atoms with Crippen LogP contribution in [0.25, 0.3) is 0 Å². The number of carbonyl (C=O) groups is 3. The molecule has 3 N–H and O–H groups in total. The van der Waals surface area contributed by atoms with Crippen LogP contribution in [0.1, 0.15) is 12.5 Å². The van der Waals surface area contributed by atoms with Crippen LogP contribution in [-0.2, 0) is 25.7 Å². The molecule has 2 aliphatic heterocycles. The number of nitrogens with two attached hydrogens (primary N) is 1. The zero-order valence-electron chi connectivity index (χ0n) is 15.1. The van der Waals surface area contributed by atoms with Crippen molar-refractivity contribution in [2.75, 3.05) is 5.75 Å². The molecule has 154 valence electrons. The molecule has 29 heavy (non-hydrogen) atoms. The number of β-lactam (4-membered cyclic amide) rings is 1. The van der Waals surface area contributed by atoms with Gasteiger partial charge in [-0.1, -0.05) is 11.8 Å². The number of primary amides is 1. The van der Waals surface area contributed by atoms with Gasteiger partial charge in [-0.05, 0) is 24.6 Å². The number of nitro benzene ring substituents is 1. The maximum atomic E-state index is 12.7. The third kappa shape index (κ3) is 4.23. The Morgan fingerprint density at radius 3 is 2.62 bits per heavy atom. The molecule has 0 unspecified atom stereocenters. The van der Waals surface area contributed by atoms with E-state index in [1.165, 1.54) is 47.9 Å². The highest BCUT2D eigenvalue weighted by Crippen LogP contribution is 2.53. The van der Waals surface area contributed by atoms with E-state index in [2.05, 4.69) is 0 Å². The van der Waals surface area contributed by atoms with Gasteiger partial charge in [-0.2, -0.15) is 0 Å². The Bertz CT molecular complexity index is 901. The third-order valence-electron chi connectivity index (χ3n) is 4.32. The fraction of sp³-hybridized carbons (Fsp3) is 0.353. The Kier molecular flexibility index (Phi) is 6.15. The zero-order chi connectivity index (χ0) is 21.3. The number of aliphatic hydroxyl groups is 1. The highest BCUT2D eigenvalue weighted by Gasteiger charge is 2.58. The lowest BCUT2D eigenvalue weighted by Crippen LogP contribution is -2.60. The molecule has 1 aromatic carbocycles. The number of ether oxygens (including phenoxy) is 1. The molecule has 0 spiro atoms. The lowest BCUT2D eigenvalue weighted by molar-refractivity contribution is -0.384. The lowest BCUT2D eigenvalue weighted by atomic mass is 9.92. The van der Waals surface area contributed by atoms with Crippen molar-refractivity contribution in [3.05, 3.63) is 49.9 Å². The number of nitro groups is 1. The Balaban J connectivity index is 1.74. The van der Waals surface area contributed by atoms with Crippen LogP contribution in [-0.4, -0.2) is 49.9 Å². The Morgan fingerprint density at radius 2 is 2.07 bits per heavy atom. The van der Waals surface area contributed by atoms with Crippen molar-refractivity contribution < 1.29 is 29.2 Å². The molecule has 0 bridgehead atoms. The van der Waals surface area contributed by atoms with E-state index >= 15 is 0 Å². The van der Waals surface area contributed by atoms with Crippen LogP contribution in [0, 0.1) is 16.0 Å². The molecular weight excluding hydrogens is 422 g/mol. The predicted molar refractivity (Wildman–Crippen MR) is 105 cm³/mol. The van der Waals surface area contributed by atoms with E-state index in [1.807, 2.05) is 0 Å². The minimum Gasteiger partial charge on any atom is -0.456 e. The number of fused-ring (bicyclic) bond motifs is 1. The molecule has 10 nitrogen and oxygen atoms in total. The second kappa shape index (κ2) is 8.43. The van der Waals surface area contributed by atoms with Crippen molar-refractivity contribution in [1.29, 1.82) is 0 Å². The first kappa shape index (κ1) is 21.1. The second-order valence-electron chi connectivity index (χ2n) is 6.37. The number of amides is 2. The summed E-state index contributed by atoms with van der Waals surface area (Å²) in [5, 5.41) is 20.1.